The van der Waals surface area contributed by atoms with Gasteiger partial charge < -0.3 is 9.47 Å². The number of ether oxygens (including phenoxy) is 2. The van der Waals surface area contributed by atoms with Gasteiger partial charge in [-0.2, -0.15) is 0 Å². The fourth-order valence-electron chi connectivity index (χ4n) is 1.11. The monoisotopic (exact) mass is 282 g/mol. The van der Waals surface area contributed by atoms with Gasteiger partial charge >= 0.3 is 0 Å². The third kappa shape index (κ3) is 4.03. The number of hydrogen-bond acceptors (Lipinski definition) is 4. The van der Waals surface area contributed by atoms with E-state index >= 15 is 0 Å². The summed E-state index contributed by atoms with van der Waals surface area (Å²) in [6, 6.07) is 1.56. The molecule has 0 N–H and O–H groups in total. The summed E-state index contributed by atoms with van der Waals surface area (Å²) < 4.78 is 11.1. The van der Waals surface area contributed by atoms with Crippen molar-refractivity contribution in [3.8, 4) is 0 Å². The fourth-order valence-corrected chi connectivity index (χ4v) is 2.61. The van der Waals surface area contributed by atoms with Crippen molar-refractivity contribution in [1.29, 1.82) is 0 Å². The van der Waals surface area contributed by atoms with Crippen LogP contribution in [0.5, 0.6) is 0 Å². The van der Waals surface area contributed by atoms with Gasteiger partial charge in [0.15, 0.2) is 5.78 Å². The quantitative estimate of drug-likeness (QED) is 0.751. The molecule has 0 amide bonds. The van der Waals surface area contributed by atoms with Crippen molar-refractivity contribution in [1.82, 2.24) is 0 Å². The maximum atomic E-state index is 11.7. The Morgan fingerprint density at radius 1 is 1.56 bits per heavy atom. The van der Waals surface area contributed by atoms with Gasteiger partial charge in [-0.15, -0.1) is 11.3 Å². The van der Waals surface area contributed by atoms with Crippen molar-refractivity contribution in [2.75, 3.05) is 20.3 Å². The molecule has 0 spiro atoms. The van der Waals surface area contributed by atoms with Gasteiger partial charge in [-0.1, -0.05) is 23.2 Å². The molecular weight excluding hydrogens is 271 g/mol. The Kier molecular flexibility index (Phi) is 5.72. The highest BCUT2D eigenvalue weighted by Gasteiger charge is 2.15. The lowest BCUT2D eigenvalue weighted by molar-refractivity contribution is 0.0125. The molecule has 0 saturated heterocycles. The zero-order valence-corrected chi connectivity index (χ0v) is 11.3. The number of hydrogen-bond donors (Lipinski definition) is 0. The predicted molar refractivity (Wildman–Crippen MR) is 66.0 cm³/mol. The smallest absolute Gasteiger partial charge is 0.190 e. The topological polar surface area (TPSA) is 35.5 Å². The van der Waals surface area contributed by atoms with E-state index in [-0.39, 0.29) is 18.5 Å². The van der Waals surface area contributed by atoms with Crippen molar-refractivity contribution >= 4 is 40.3 Å². The van der Waals surface area contributed by atoms with Gasteiger partial charge in [-0.25, -0.2) is 0 Å². The first-order valence-electron chi connectivity index (χ1n) is 4.63. The molecule has 1 heterocycles. The molecule has 0 aliphatic carbocycles. The van der Waals surface area contributed by atoms with Gasteiger partial charge in [0.25, 0.3) is 0 Å². The Labute approximate surface area is 108 Å². The molecule has 1 aromatic heterocycles. The molecule has 1 atom stereocenters. The minimum atomic E-state index is -0.170. The Balaban J connectivity index is 2.50. The highest BCUT2D eigenvalue weighted by molar-refractivity contribution is 7.20. The van der Waals surface area contributed by atoms with Crippen LogP contribution in [0, 0.1) is 0 Å². The molecule has 0 aliphatic heterocycles. The number of Topliss-reactive ketones (excluding diaryl/α,β-unsaturated/α-hetero) is 1. The molecule has 0 aromatic carbocycles. The number of carbonyl (C=O) groups excluding carboxylic acids is 1. The molecule has 1 aromatic rings. The van der Waals surface area contributed by atoms with Crippen molar-refractivity contribution in [3.63, 3.8) is 0 Å². The van der Waals surface area contributed by atoms with Crippen molar-refractivity contribution < 1.29 is 14.3 Å². The van der Waals surface area contributed by atoms with Gasteiger partial charge in [0.2, 0.25) is 0 Å². The molecule has 1 rings (SSSR count). The maximum Gasteiger partial charge on any atom is 0.190 e. The Morgan fingerprint density at radius 3 is 2.75 bits per heavy atom. The second-order valence-corrected chi connectivity index (χ2v) is 5.52. The van der Waals surface area contributed by atoms with Gasteiger partial charge in [0.05, 0.1) is 22.6 Å². The third-order valence-electron chi connectivity index (χ3n) is 1.86. The van der Waals surface area contributed by atoms with Crippen molar-refractivity contribution in [3.05, 3.63) is 20.3 Å². The number of thiophene rings is 1. The van der Waals surface area contributed by atoms with Crippen LogP contribution in [0.4, 0.5) is 0 Å². The molecule has 0 bridgehead atoms. The summed E-state index contributed by atoms with van der Waals surface area (Å²) in [7, 11) is 1.58. The predicted octanol–water partition coefficient (Wildman–Crippen LogP) is 3.29. The lowest BCUT2D eigenvalue weighted by atomic mass is 10.2. The summed E-state index contributed by atoms with van der Waals surface area (Å²) in [4.78, 5) is 11.7. The first-order valence-corrected chi connectivity index (χ1v) is 6.20. The summed E-state index contributed by atoms with van der Waals surface area (Å²) in [5.41, 5.74) is 0.418. The van der Waals surface area contributed by atoms with Gasteiger partial charge in [-0.05, 0) is 13.0 Å². The fraction of sp³-hybridized carbons (Fsp3) is 0.500. The Bertz CT molecular complexity index is 365. The van der Waals surface area contributed by atoms with E-state index in [4.69, 9.17) is 32.7 Å². The lowest BCUT2D eigenvalue weighted by Gasteiger charge is -2.10. The molecule has 1 unspecified atom stereocenters. The summed E-state index contributed by atoms with van der Waals surface area (Å²) in [6.07, 6.45) is -0.123. The summed E-state index contributed by atoms with van der Waals surface area (Å²) in [5, 5.41) is 0. The first-order chi connectivity index (χ1) is 7.54. The molecule has 90 valence electrons. The molecule has 16 heavy (non-hydrogen) atoms. The standard InChI is InChI=1S/C10H12Cl2O3S/c1-6(4-14-2)15-5-8(13)7-3-9(11)16-10(7)12/h3,6H,4-5H2,1-2H3. The minimum absolute atomic E-state index is 0.0166. The van der Waals surface area contributed by atoms with E-state index < -0.39 is 0 Å². The van der Waals surface area contributed by atoms with Crippen LogP contribution in [0.3, 0.4) is 0 Å². The normalized spacial score (nSPS) is 12.8. The van der Waals surface area contributed by atoms with Gasteiger partial charge in [0, 0.05) is 7.11 Å². The van der Waals surface area contributed by atoms with Crippen LogP contribution in [0.1, 0.15) is 17.3 Å². The van der Waals surface area contributed by atoms with E-state index in [0.29, 0.717) is 20.8 Å². The Hall–Kier alpha value is -0.130. The summed E-state index contributed by atoms with van der Waals surface area (Å²) in [6.45, 7) is 2.27. The molecule has 0 fully saturated rings. The van der Waals surface area contributed by atoms with Crippen LogP contribution >= 0.6 is 34.5 Å². The van der Waals surface area contributed by atoms with E-state index in [2.05, 4.69) is 0 Å². The van der Waals surface area contributed by atoms with Crippen LogP contribution in [0.25, 0.3) is 0 Å². The molecular formula is C10H12Cl2O3S. The van der Waals surface area contributed by atoms with E-state index in [1.54, 1.807) is 13.2 Å². The molecule has 0 saturated carbocycles. The zero-order valence-electron chi connectivity index (χ0n) is 8.96. The molecule has 0 radical (unpaired) electrons. The number of halogens is 2. The Morgan fingerprint density at radius 2 is 2.25 bits per heavy atom. The minimum Gasteiger partial charge on any atom is -0.382 e. The van der Waals surface area contributed by atoms with Crippen molar-refractivity contribution in [2.24, 2.45) is 0 Å². The van der Waals surface area contributed by atoms with E-state index in [9.17, 15) is 4.79 Å². The largest absolute Gasteiger partial charge is 0.382 e. The van der Waals surface area contributed by atoms with Crippen LogP contribution in [-0.4, -0.2) is 32.2 Å². The number of rotatable bonds is 6. The van der Waals surface area contributed by atoms with Crippen LogP contribution in [0.15, 0.2) is 6.07 Å². The van der Waals surface area contributed by atoms with Crippen molar-refractivity contribution in [2.45, 2.75) is 13.0 Å². The van der Waals surface area contributed by atoms with E-state index in [1.807, 2.05) is 6.92 Å². The number of carbonyl (C=O) groups is 1. The van der Waals surface area contributed by atoms with Crippen LogP contribution < -0.4 is 0 Å². The summed E-state index contributed by atoms with van der Waals surface area (Å²) in [5.74, 6) is -0.170. The van der Waals surface area contributed by atoms with Crippen LogP contribution in [0.2, 0.25) is 8.67 Å². The van der Waals surface area contributed by atoms with Crippen LogP contribution in [-0.2, 0) is 9.47 Å². The highest BCUT2D eigenvalue weighted by atomic mass is 35.5. The average Bonchev–Trinajstić information content (AvgIpc) is 2.55. The molecule has 3 nitrogen and oxygen atoms in total. The SMILES string of the molecule is COCC(C)OCC(=O)c1cc(Cl)sc1Cl. The second kappa shape index (κ2) is 6.57. The third-order valence-corrected chi connectivity index (χ3v) is 3.35. The maximum absolute atomic E-state index is 11.7. The zero-order chi connectivity index (χ0) is 12.1. The molecule has 6 heteroatoms. The summed E-state index contributed by atoms with van der Waals surface area (Å²) >= 11 is 12.8. The highest BCUT2D eigenvalue weighted by Crippen LogP contribution is 2.31. The van der Waals surface area contributed by atoms with E-state index in [0.717, 1.165) is 0 Å². The van der Waals surface area contributed by atoms with Gasteiger partial charge in [0.1, 0.15) is 10.9 Å². The van der Waals surface area contributed by atoms with E-state index in [1.165, 1.54) is 11.3 Å². The average molecular weight is 283 g/mol. The number of ketones is 1. The second-order valence-electron chi connectivity index (χ2n) is 3.24. The lowest BCUT2D eigenvalue weighted by Crippen LogP contribution is -2.19. The molecule has 0 aliphatic rings. The number of methoxy groups -OCH3 is 1. The first kappa shape index (κ1) is 13.9. The van der Waals surface area contributed by atoms with Gasteiger partial charge in [-0.3, -0.25) is 4.79 Å².